The van der Waals surface area contributed by atoms with Gasteiger partial charge in [-0.15, -0.1) is 0 Å². The second-order valence-electron chi connectivity index (χ2n) is 4.58. The number of nitrogens with two attached hydrogens (primary N) is 1. The highest BCUT2D eigenvalue weighted by Crippen LogP contribution is 2.24. The summed E-state index contributed by atoms with van der Waals surface area (Å²) in [7, 11) is 0. The number of hydrogen-bond acceptors (Lipinski definition) is 3. The first-order valence-electron chi connectivity index (χ1n) is 6.73. The van der Waals surface area contributed by atoms with Crippen LogP contribution in [0, 0.1) is 6.92 Å². The summed E-state index contributed by atoms with van der Waals surface area (Å²) in [4.78, 5) is 7.66. The highest BCUT2D eigenvalue weighted by Gasteiger charge is 2.09. The number of unbranched alkanes of at least 4 members (excludes halogenated alkanes) is 1. The molecule has 19 heavy (non-hydrogen) atoms. The Bertz CT molecular complexity index is 517. The van der Waals surface area contributed by atoms with Crippen molar-refractivity contribution in [3.05, 3.63) is 35.8 Å². The fourth-order valence-corrected chi connectivity index (χ4v) is 1.97. The van der Waals surface area contributed by atoms with Crippen molar-refractivity contribution in [2.24, 2.45) is 5.73 Å². The molecule has 0 amide bonds. The molecule has 0 fully saturated rings. The number of aryl methyl sites for hydroxylation is 1. The fraction of sp³-hybridized carbons (Fsp3) is 0.400. The summed E-state index contributed by atoms with van der Waals surface area (Å²) in [5.41, 5.74) is 8.68. The third-order valence-electron chi connectivity index (χ3n) is 3.00. The van der Waals surface area contributed by atoms with Gasteiger partial charge in [-0.05, 0) is 37.6 Å². The van der Waals surface area contributed by atoms with Crippen molar-refractivity contribution in [3.8, 4) is 17.0 Å². The lowest BCUT2D eigenvalue weighted by Gasteiger charge is -2.06. The highest BCUT2D eigenvalue weighted by atomic mass is 16.5. The molecule has 3 N–H and O–H groups in total. The Balaban J connectivity index is 2.13. The van der Waals surface area contributed by atoms with Crippen molar-refractivity contribution in [2.45, 2.75) is 33.2 Å². The third-order valence-corrected chi connectivity index (χ3v) is 3.00. The Labute approximate surface area is 114 Å². The molecule has 0 atom stereocenters. The van der Waals surface area contributed by atoms with E-state index in [1.807, 2.05) is 31.2 Å². The molecule has 0 aliphatic rings. The molecule has 1 aromatic heterocycles. The summed E-state index contributed by atoms with van der Waals surface area (Å²) < 4.78 is 5.65. The lowest BCUT2D eigenvalue weighted by molar-refractivity contribution is 0.309. The smallest absolute Gasteiger partial charge is 0.119 e. The molecule has 0 radical (unpaired) electrons. The van der Waals surface area contributed by atoms with Gasteiger partial charge in [-0.2, -0.15) is 0 Å². The van der Waals surface area contributed by atoms with Gasteiger partial charge in [-0.1, -0.05) is 13.3 Å². The van der Waals surface area contributed by atoms with Gasteiger partial charge in [0, 0.05) is 12.1 Å². The Hall–Kier alpha value is -1.81. The first kappa shape index (κ1) is 13.6. The van der Waals surface area contributed by atoms with Gasteiger partial charge in [-0.25, -0.2) is 4.98 Å². The molecular weight excluding hydrogens is 238 g/mol. The highest BCUT2D eigenvalue weighted by molar-refractivity contribution is 5.63. The van der Waals surface area contributed by atoms with Crippen LogP contribution < -0.4 is 10.5 Å². The number of aromatic nitrogens is 2. The normalized spacial score (nSPS) is 10.7. The average molecular weight is 259 g/mol. The van der Waals surface area contributed by atoms with Gasteiger partial charge in [0.15, 0.2) is 0 Å². The Morgan fingerprint density at radius 1 is 1.26 bits per heavy atom. The minimum atomic E-state index is 0.463. The largest absolute Gasteiger partial charge is 0.494 e. The van der Waals surface area contributed by atoms with Gasteiger partial charge in [-0.3, -0.25) is 0 Å². The van der Waals surface area contributed by atoms with Gasteiger partial charge < -0.3 is 15.5 Å². The minimum absolute atomic E-state index is 0.463. The number of nitrogens with zero attached hydrogens (tertiary/aromatic N) is 1. The predicted molar refractivity (Wildman–Crippen MR) is 77.1 cm³/mol. The second kappa shape index (κ2) is 6.38. The van der Waals surface area contributed by atoms with Crippen LogP contribution in [0.5, 0.6) is 5.75 Å². The van der Waals surface area contributed by atoms with Crippen molar-refractivity contribution in [1.82, 2.24) is 9.97 Å². The Kier molecular flexibility index (Phi) is 4.58. The SMILES string of the molecule is CCCCOc1ccc(-c2nc(C)[nH]c2CN)cc1. The van der Waals surface area contributed by atoms with Gasteiger partial charge in [0.05, 0.1) is 18.0 Å². The molecule has 102 valence electrons. The topological polar surface area (TPSA) is 63.9 Å². The van der Waals surface area contributed by atoms with Crippen LogP contribution in [0.15, 0.2) is 24.3 Å². The average Bonchev–Trinajstić information content (AvgIpc) is 2.81. The van der Waals surface area contributed by atoms with E-state index in [9.17, 15) is 0 Å². The lowest BCUT2D eigenvalue weighted by atomic mass is 10.1. The molecular formula is C15H21N3O. The molecule has 4 nitrogen and oxygen atoms in total. The number of rotatable bonds is 6. The van der Waals surface area contributed by atoms with Crippen LogP contribution in [-0.4, -0.2) is 16.6 Å². The second-order valence-corrected chi connectivity index (χ2v) is 4.58. The number of imidazole rings is 1. The number of ether oxygens (including phenoxy) is 1. The maximum absolute atomic E-state index is 5.72. The van der Waals surface area contributed by atoms with Gasteiger partial charge in [0.2, 0.25) is 0 Å². The summed E-state index contributed by atoms with van der Waals surface area (Å²) >= 11 is 0. The van der Waals surface area contributed by atoms with E-state index in [0.29, 0.717) is 6.54 Å². The number of benzene rings is 1. The van der Waals surface area contributed by atoms with Crippen LogP contribution in [0.25, 0.3) is 11.3 Å². The molecule has 1 aromatic carbocycles. The van der Waals surface area contributed by atoms with Crippen LogP contribution in [0.4, 0.5) is 0 Å². The minimum Gasteiger partial charge on any atom is -0.494 e. The molecule has 0 spiro atoms. The molecule has 0 aliphatic carbocycles. The lowest BCUT2D eigenvalue weighted by Crippen LogP contribution is -1.99. The van der Waals surface area contributed by atoms with Gasteiger partial charge >= 0.3 is 0 Å². The first-order chi connectivity index (χ1) is 9.24. The van der Waals surface area contributed by atoms with Crippen molar-refractivity contribution >= 4 is 0 Å². The van der Waals surface area contributed by atoms with Crippen molar-refractivity contribution in [1.29, 1.82) is 0 Å². The molecule has 0 unspecified atom stereocenters. The molecule has 1 heterocycles. The van der Waals surface area contributed by atoms with Crippen LogP contribution in [0.1, 0.15) is 31.3 Å². The monoisotopic (exact) mass is 259 g/mol. The molecule has 2 aromatic rings. The van der Waals surface area contributed by atoms with Crippen LogP contribution in [0.3, 0.4) is 0 Å². The van der Waals surface area contributed by atoms with Crippen LogP contribution in [0.2, 0.25) is 0 Å². The number of aromatic amines is 1. The van der Waals surface area contributed by atoms with E-state index in [0.717, 1.165) is 48.0 Å². The van der Waals surface area contributed by atoms with Gasteiger partial charge in [0.1, 0.15) is 11.6 Å². The van der Waals surface area contributed by atoms with Crippen LogP contribution >= 0.6 is 0 Å². The van der Waals surface area contributed by atoms with E-state index in [4.69, 9.17) is 10.5 Å². The molecule has 0 saturated heterocycles. The van der Waals surface area contributed by atoms with Crippen molar-refractivity contribution in [3.63, 3.8) is 0 Å². The number of nitrogens with one attached hydrogen (secondary N) is 1. The molecule has 0 saturated carbocycles. The summed E-state index contributed by atoms with van der Waals surface area (Å²) in [5.74, 6) is 1.79. The first-order valence-corrected chi connectivity index (χ1v) is 6.73. The summed E-state index contributed by atoms with van der Waals surface area (Å²) in [6.07, 6.45) is 2.22. The van der Waals surface area contributed by atoms with E-state index < -0.39 is 0 Å². The Morgan fingerprint density at radius 3 is 2.63 bits per heavy atom. The number of H-pyrrole nitrogens is 1. The zero-order valence-corrected chi connectivity index (χ0v) is 11.6. The van der Waals surface area contributed by atoms with Gasteiger partial charge in [0.25, 0.3) is 0 Å². The Morgan fingerprint density at radius 2 is 2.00 bits per heavy atom. The van der Waals surface area contributed by atoms with Crippen LogP contribution in [-0.2, 0) is 6.54 Å². The van der Waals surface area contributed by atoms with Crippen molar-refractivity contribution < 1.29 is 4.74 Å². The maximum atomic E-state index is 5.72. The maximum Gasteiger partial charge on any atom is 0.119 e. The summed E-state index contributed by atoms with van der Waals surface area (Å²) in [6.45, 7) is 5.32. The van der Waals surface area contributed by atoms with E-state index in [2.05, 4.69) is 16.9 Å². The van der Waals surface area contributed by atoms with E-state index in [1.54, 1.807) is 0 Å². The quantitative estimate of drug-likeness (QED) is 0.784. The van der Waals surface area contributed by atoms with Crippen molar-refractivity contribution in [2.75, 3.05) is 6.61 Å². The standard InChI is InChI=1S/C15H21N3O/c1-3-4-9-19-13-7-5-12(6-8-13)15-14(10-16)17-11(2)18-15/h5-8H,3-4,9-10,16H2,1-2H3,(H,17,18). The third kappa shape index (κ3) is 3.35. The molecule has 0 bridgehead atoms. The summed E-state index contributed by atoms with van der Waals surface area (Å²) in [6, 6.07) is 8.01. The fourth-order valence-electron chi connectivity index (χ4n) is 1.97. The van der Waals surface area contributed by atoms with E-state index >= 15 is 0 Å². The number of hydrogen-bond donors (Lipinski definition) is 2. The van der Waals surface area contributed by atoms with E-state index in [1.165, 1.54) is 0 Å². The van der Waals surface area contributed by atoms with E-state index in [-0.39, 0.29) is 0 Å². The zero-order chi connectivity index (χ0) is 13.7. The molecule has 2 rings (SSSR count). The molecule has 4 heteroatoms. The summed E-state index contributed by atoms with van der Waals surface area (Å²) in [5, 5.41) is 0. The molecule has 0 aliphatic heterocycles. The zero-order valence-electron chi connectivity index (χ0n) is 11.6. The predicted octanol–water partition coefficient (Wildman–Crippen LogP) is 3.02.